The van der Waals surface area contributed by atoms with Gasteiger partial charge in [0, 0.05) is 5.41 Å². The van der Waals surface area contributed by atoms with E-state index >= 15 is 0 Å². The standard InChI is InChI=1S/C15H24N2O/c1-12-8-4-5-9-13(12)18-11-7-6-10-15(2,3)14(16)17/h4-5,8-9H,6-7,10-11H2,1-3H3,(H3,16,17). The molecule has 0 radical (unpaired) electrons. The number of benzene rings is 1. The molecule has 0 unspecified atom stereocenters. The Kier molecular flexibility index (Phi) is 5.20. The molecule has 0 heterocycles. The monoisotopic (exact) mass is 248 g/mol. The molecule has 3 nitrogen and oxygen atoms in total. The van der Waals surface area contributed by atoms with E-state index in [1.807, 2.05) is 45.0 Å². The second-order valence-electron chi connectivity index (χ2n) is 5.37. The summed E-state index contributed by atoms with van der Waals surface area (Å²) in [6.45, 7) is 6.79. The molecule has 0 spiro atoms. The molecular formula is C15H24N2O. The summed E-state index contributed by atoms with van der Waals surface area (Å²) in [4.78, 5) is 0. The Hall–Kier alpha value is -1.51. The van der Waals surface area contributed by atoms with Crippen molar-refractivity contribution in [3.05, 3.63) is 29.8 Å². The van der Waals surface area contributed by atoms with Gasteiger partial charge in [0.05, 0.1) is 12.4 Å². The van der Waals surface area contributed by atoms with Crippen molar-refractivity contribution in [2.45, 2.75) is 40.0 Å². The molecule has 0 aliphatic rings. The lowest BCUT2D eigenvalue weighted by Gasteiger charge is -2.22. The van der Waals surface area contributed by atoms with Crippen LogP contribution in [0.25, 0.3) is 0 Å². The van der Waals surface area contributed by atoms with Crippen LogP contribution in [-0.2, 0) is 0 Å². The molecule has 0 saturated carbocycles. The molecule has 0 aliphatic heterocycles. The average molecular weight is 248 g/mol. The summed E-state index contributed by atoms with van der Waals surface area (Å²) in [6.07, 6.45) is 2.95. The highest BCUT2D eigenvalue weighted by atomic mass is 16.5. The Labute approximate surface area is 110 Å². The largest absolute Gasteiger partial charge is 0.493 e. The van der Waals surface area contributed by atoms with Crippen LogP contribution in [0.3, 0.4) is 0 Å². The van der Waals surface area contributed by atoms with Crippen molar-refractivity contribution in [1.29, 1.82) is 5.41 Å². The minimum atomic E-state index is -0.192. The van der Waals surface area contributed by atoms with Crippen LogP contribution in [0, 0.1) is 17.7 Å². The number of amidine groups is 1. The summed E-state index contributed by atoms with van der Waals surface area (Å²) >= 11 is 0. The number of nitrogens with one attached hydrogen (secondary N) is 1. The third-order valence-corrected chi connectivity index (χ3v) is 3.28. The van der Waals surface area contributed by atoms with Crippen molar-refractivity contribution in [1.82, 2.24) is 0 Å². The quantitative estimate of drug-likeness (QED) is 0.441. The van der Waals surface area contributed by atoms with Crippen molar-refractivity contribution in [3.8, 4) is 5.75 Å². The highest BCUT2D eigenvalue weighted by molar-refractivity contribution is 5.82. The number of hydrogen-bond acceptors (Lipinski definition) is 2. The molecular weight excluding hydrogens is 224 g/mol. The van der Waals surface area contributed by atoms with Crippen molar-refractivity contribution < 1.29 is 4.74 Å². The van der Waals surface area contributed by atoms with Gasteiger partial charge in [-0.25, -0.2) is 0 Å². The van der Waals surface area contributed by atoms with E-state index in [1.165, 1.54) is 5.56 Å². The number of para-hydroxylation sites is 1. The topological polar surface area (TPSA) is 59.1 Å². The van der Waals surface area contributed by atoms with Crippen molar-refractivity contribution in [2.75, 3.05) is 6.61 Å². The van der Waals surface area contributed by atoms with E-state index in [-0.39, 0.29) is 11.3 Å². The lowest BCUT2D eigenvalue weighted by molar-refractivity contribution is 0.294. The van der Waals surface area contributed by atoms with E-state index in [9.17, 15) is 0 Å². The minimum absolute atomic E-state index is 0.192. The first-order chi connectivity index (χ1) is 8.43. The Morgan fingerprint density at radius 1 is 1.28 bits per heavy atom. The fourth-order valence-corrected chi connectivity index (χ4v) is 1.70. The first-order valence-electron chi connectivity index (χ1n) is 6.46. The smallest absolute Gasteiger partial charge is 0.122 e. The van der Waals surface area contributed by atoms with Gasteiger partial charge in [-0.2, -0.15) is 0 Å². The molecule has 0 amide bonds. The van der Waals surface area contributed by atoms with Gasteiger partial charge in [-0.3, -0.25) is 5.41 Å². The van der Waals surface area contributed by atoms with Crippen LogP contribution >= 0.6 is 0 Å². The van der Waals surface area contributed by atoms with E-state index in [4.69, 9.17) is 15.9 Å². The summed E-state index contributed by atoms with van der Waals surface area (Å²) in [5.41, 5.74) is 6.52. The second kappa shape index (κ2) is 6.43. The SMILES string of the molecule is Cc1ccccc1OCCCCC(C)(C)C(=N)N. The summed E-state index contributed by atoms with van der Waals surface area (Å²) in [7, 11) is 0. The average Bonchev–Trinajstić information content (AvgIpc) is 2.30. The van der Waals surface area contributed by atoms with Crippen molar-refractivity contribution in [2.24, 2.45) is 11.1 Å². The molecule has 0 aromatic heterocycles. The van der Waals surface area contributed by atoms with Gasteiger partial charge >= 0.3 is 0 Å². The lowest BCUT2D eigenvalue weighted by atomic mass is 9.86. The zero-order chi connectivity index (χ0) is 13.6. The van der Waals surface area contributed by atoms with Crippen LogP contribution < -0.4 is 10.5 Å². The molecule has 3 N–H and O–H groups in total. The van der Waals surface area contributed by atoms with Crippen LogP contribution in [-0.4, -0.2) is 12.4 Å². The number of aryl methyl sites for hydroxylation is 1. The number of ether oxygens (including phenoxy) is 1. The van der Waals surface area contributed by atoms with Gasteiger partial charge in [0.1, 0.15) is 5.75 Å². The van der Waals surface area contributed by atoms with Crippen molar-refractivity contribution >= 4 is 5.84 Å². The van der Waals surface area contributed by atoms with Gasteiger partial charge in [0.25, 0.3) is 0 Å². The maximum atomic E-state index is 7.49. The zero-order valence-electron chi connectivity index (χ0n) is 11.6. The molecule has 3 heteroatoms. The van der Waals surface area contributed by atoms with E-state index in [2.05, 4.69) is 0 Å². The normalized spacial score (nSPS) is 11.3. The van der Waals surface area contributed by atoms with E-state index in [0.29, 0.717) is 0 Å². The summed E-state index contributed by atoms with van der Waals surface area (Å²) in [5.74, 6) is 1.23. The van der Waals surface area contributed by atoms with Gasteiger partial charge in [0.2, 0.25) is 0 Å². The van der Waals surface area contributed by atoms with Crippen LogP contribution in [0.15, 0.2) is 24.3 Å². The maximum absolute atomic E-state index is 7.49. The fourth-order valence-electron chi connectivity index (χ4n) is 1.70. The predicted octanol–water partition coefficient (Wildman–Crippen LogP) is 3.51. The second-order valence-corrected chi connectivity index (χ2v) is 5.37. The van der Waals surface area contributed by atoms with E-state index in [0.717, 1.165) is 31.6 Å². The molecule has 100 valence electrons. The van der Waals surface area contributed by atoms with Gasteiger partial charge in [-0.1, -0.05) is 32.0 Å². The van der Waals surface area contributed by atoms with Gasteiger partial charge in [-0.15, -0.1) is 0 Å². The first kappa shape index (κ1) is 14.6. The van der Waals surface area contributed by atoms with Crippen LogP contribution in [0.5, 0.6) is 5.75 Å². The lowest BCUT2D eigenvalue weighted by Crippen LogP contribution is -2.30. The molecule has 0 atom stereocenters. The zero-order valence-corrected chi connectivity index (χ0v) is 11.6. The molecule has 18 heavy (non-hydrogen) atoms. The fraction of sp³-hybridized carbons (Fsp3) is 0.533. The van der Waals surface area contributed by atoms with Gasteiger partial charge in [-0.05, 0) is 37.8 Å². The van der Waals surface area contributed by atoms with Gasteiger partial charge in [0.15, 0.2) is 0 Å². The summed E-state index contributed by atoms with van der Waals surface area (Å²) in [6, 6.07) is 8.04. The van der Waals surface area contributed by atoms with Crippen LogP contribution in [0.2, 0.25) is 0 Å². The highest BCUT2D eigenvalue weighted by Gasteiger charge is 2.20. The number of rotatable bonds is 7. The molecule has 1 aromatic carbocycles. The van der Waals surface area contributed by atoms with E-state index < -0.39 is 0 Å². The van der Waals surface area contributed by atoms with Gasteiger partial charge < -0.3 is 10.5 Å². The van der Waals surface area contributed by atoms with E-state index in [1.54, 1.807) is 0 Å². The molecule has 0 saturated heterocycles. The Morgan fingerprint density at radius 3 is 2.56 bits per heavy atom. The molecule has 0 aliphatic carbocycles. The third-order valence-electron chi connectivity index (χ3n) is 3.28. The first-order valence-corrected chi connectivity index (χ1v) is 6.46. The molecule has 0 fully saturated rings. The van der Waals surface area contributed by atoms with Crippen LogP contribution in [0.1, 0.15) is 38.7 Å². The molecule has 1 rings (SSSR count). The Bertz CT molecular complexity index is 399. The van der Waals surface area contributed by atoms with Crippen molar-refractivity contribution in [3.63, 3.8) is 0 Å². The maximum Gasteiger partial charge on any atom is 0.122 e. The minimum Gasteiger partial charge on any atom is -0.493 e. The summed E-state index contributed by atoms with van der Waals surface area (Å²) in [5, 5.41) is 7.49. The number of nitrogens with two attached hydrogens (primary N) is 1. The number of unbranched alkanes of at least 4 members (excludes halogenated alkanes) is 1. The highest BCUT2D eigenvalue weighted by Crippen LogP contribution is 2.23. The Morgan fingerprint density at radius 2 is 1.94 bits per heavy atom. The summed E-state index contributed by atoms with van der Waals surface area (Å²) < 4.78 is 5.73. The Balaban J connectivity index is 2.24. The third kappa shape index (κ3) is 4.40. The number of hydrogen-bond donors (Lipinski definition) is 2. The predicted molar refractivity (Wildman–Crippen MR) is 76.2 cm³/mol. The molecule has 0 bridgehead atoms. The molecule has 1 aromatic rings. The van der Waals surface area contributed by atoms with Crippen LogP contribution in [0.4, 0.5) is 0 Å².